The van der Waals surface area contributed by atoms with E-state index in [1.807, 2.05) is 0 Å². The van der Waals surface area contributed by atoms with Crippen LogP contribution in [0.3, 0.4) is 0 Å². The molecule has 3 aliphatic rings. The molecule has 0 unspecified atom stereocenters. The molecule has 6 atom stereocenters. The standard InChI is InChI=1S/C10H16O2/c11-6-3-7-5-1-9(8(7)4-6)10(12)2-5/h5-12H,1-4H2/t5-,6-,7-,8+,9+,10+/m1/s1. The van der Waals surface area contributed by atoms with Crippen molar-refractivity contribution in [2.45, 2.75) is 37.9 Å². The molecule has 2 bridgehead atoms. The van der Waals surface area contributed by atoms with E-state index in [2.05, 4.69) is 0 Å². The maximum Gasteiger partial charge on any atom is 0.0574 e. The molecule has 68 valence electrons. The molecule has 2 nitrogen and oxygen atoms in total. The first-order valence-electron chi connectivity index (χ1n) is 5.12. The van der Waals surface area contributed by atoms with Gasteiger partial charge < -0.3 is 10.2 Å². The van der Waals surface area contributed by atoms with Gasteiger partial charge in [-0.2, -0.15) is 0 Å². The summed E-state index contributed by atoms with van der Waals surface area (Å²) in [5.74, 6) is 2.70. The average molecular weight is 168 g/mol. The molecule has 3 aliphatic carbocycles. The molecule has 12 heavy (non-hydrogen) atoms. The minimum Gasteiger partial charge on any atom is -0.393 e. The summed E-state index contributed by atoms with van der Waals surface area (Å²) in [5, 5.41) is 19.2. The molecule has 0 aliphatic heterocycles. The van der Waals surface area contributed by atoms with E-state index in [1.54, 1.807) is 0 Å². The number of aliphatic hydroxyl groups excluding tert-OH is 2. The summed E-state index contributed by atoms with van der Waals surface area (Å²) in [4.78, 5) is 0. The van der Waals surface area contributed by atoms with Gasteiger partial charge in [0.15, 0.2) is 0 Å². The molecule has 0 saturated heterocycles. The van der Waals surface area contributed by atoms with E-state index in [1.165, 1.54) is 6.42 Å². The molecule has 0 heterocycles. The van der Waals surface area contributed by atoms with Crippen molar-refractivity contribution in [3.63, 3.8) is 0 Å². The van der Waals surface area contributed by atoms with Crippen LogP contribution in [-0.4, -0.2) is 22.4 Å². The van der Waals surface area contributed by atoms with E-state index in [-0.39, 0.29) is 12.2 Å². The average Bonchev–Trinajstić information content (AvgIpc) is 2.57. The van der Waals surface area contributed by atoms with Crippen molar-refractivity contribution in [1.82, 2.24) is 0 Å². The van der Waals surface area contributed by atoms with E-state index < -0.39 is 0 Å². The van der Waals surface area contributed by atoms with Gasteiger partial charge in [0.1, 0.15) is 0 Å². The van der Waals surface area contributed by atoms with Gasteiger partial charge >= 0.3 is 0 Å². The van der Waals surface area contributed by atoms with Crippen molar-refractivity contribution in [2.24, 2.45) is 23.7 Å². The van der Waals surface area contributed by atoms with Crippen molar-refractivity contribution in [1.29, 1.82) is 0 Å². The highest BCUT2D eigenvalue weighted by molar-refractivity contribution is 5.04. The Morgan fingerprint density at radius 3 is 2.33 bits per heavy atom. The van der Waals surface area contributed by atoms with Gasteiger partial charge in [0, 0.05) is 0 Å². The van der Waals surface area contributed by atoms with Crippen molar-refractivity contribution in [3.05, 3.63) is 0 Å². The number of hydrogen-bond acceptors (Lipinski definition) is 2. The summed E-state index contributed by atoms with van der Waals surface area (Å²) >= 11 is 0. The zero-order valence-electron chi connectivity index (χ0n) is 7.19. The molecule has 3 rings (SSSR count). The Kier molecular flexibility index (Phi) is 1.37. The fourth-order valence-corrected chi connectivity index (χ4v) is 4.01. The fraction of sp³-hybridized carbons (Fsp3) is 1.00. The molecule has 3 saturated carbocycles. The lowest BCUT2D eigenvalue weighted by atomic mass is 9.80. The number of fused-ring (bicyclic) bond motifs is 5. The summed E-state index contributed by atoms with van der Waals surface area (Å²) in [6.07, 6.45) is 4.13. The van der Waals surface area contributed by atoms with Crippen LogP contribution >= 0.6 is 0 Å². The first-order valence-corrected chi connectivity index (χ1v) is 5.12. The number of rotatable bonds is 0. The molecule has 0 aromatic heterocycles. The molecule has 0 aromatic carbocycles. The topological polar surface area (TPSA) is 40.5 Å². The molecule has 2 N–H and O–H groups in total. The van der Waals surface area contributed by atoms with E-state index in [0.29, 0.717) is 11.8 Å². The van der Waals surface area contributed by atoms with Crippen molar-refractivity contribution in [2.75, 3.05) is 0 Å². The van der Waals surface area contributed by atoms with Crippen LogP contribution in [0.4, 0.5) is 0 Å². The Balaban J connectivity index is 1.86. The highest BCUT2D eigenvalue weighted by Crippen LogP contribution is 2.58. The molecule has 3 fully saturated rings. The van der Waals surface area contributed by atoms with E-state index in [0.717, 1.165) is 31.1 Å². The van der Waals surface area contributed by atoms with Crippen LogP contribution in [0.15, 0.2) is 0 Å². The lowest BCUT2D eigenvalue weighted by Crippen LogP contribution is -2.27. The third kappa shape index (κ3) is 0.775. The zero-order chi connectivity index (χ0) is 8.29. The molecule has 0 spiro atoms. The van der Waals surface area contributed by atoms with Crippen LogP contribution in [-0.2, 0) is 0 Å². The predicted molar refractivity (Wildman–Crippen MR) is 44.4 cm³/mol. The lowest BCUT2D eigenvalue weighted by molar-refractivity contribution is 0.0633. The second-order valence-corrected chi connectivity index (χ2v) is 4.92. The minimum absolute atomic E-state index is 0.0402. The monoisotopic (exact) mass is 168 g/mol. The highest BCUT2D eigenvalue weighted by Gasteiger charge is 2.55. The van der Waals surface area contributed by atoms with Gasteiger partial charge in [-0.1, -0.05) is 0 Å². The van der Waals surface area contributed by atoms with Gasteiger partial charge in [0.2, 0.25) is 0 Å². The normalized spacial score (nSPS) is 62.5. The third-order valence-electron chi connectivity index (χ3n) is 4.41. The predicted octanol–water partition coefficient (Wildman–Crippen LogP) is 0.774. The van der Waals surface area contributed by atoms with Crippen molar-refractivity contribution >= 4 is 0 Å². The Labute approximate surface area is 72.6 Å². The summed E-state index contributed by atoms with van der Waals surface area (Å²) in [5.41, 5.74) is 0. The minimum atomic E-state index is -0.0596. The number of aliphatic hydroxyl groups is 2. The second-order valence-electron chi connectivity index (χ2n) is 4.92. The van der Waals surface area contributed by atoms with Gasteiger partial charge in [-0.25, -0.2) is 0 Å². The van der Waals surface area contributed by atoms with Crippen molar-refractivity contribution in [3.8, 4) is 0 Å². The molecule has 0 amide bonds. The van der Waals surface area contributed by atoms with Crippen LogP contribution in [0.5, 0.6) is 0 Å². The lowest BCUT2D eigenvalue weighted by Gasteiger charge is -2.27. The second kappa shape index (κ2) is 2.24. The van der Waals surface area contributed by atoms with Gasteiger partial charge in [0.05, 0.1) is 12.2 Å². The Morgan fingerprint density at radius 2 is 1.50 bits per heavy atom. The quantitative estimate of drug-likeness (QED) is 0.561. The molecular weight excluding hydrogens is 152 g/mol. The fourth-order valence-electron chi connectivity index (χ4n) is 4.01. The summed E-state index contributed by atoms with van der Waals surface area (Å²) in [6, 6.07) is 0. The van der Waals surface area contributed by atoms with Crippen LogP contribution in [0.25, 0.3) is 0 Å². The van der Waals surface area contributed by atoms with Gasteiger partial charge in [-0.15, -0.1) is 0 Å². The van der Waals surface area contributed by atoms with Gasteiger partial charge in [-0.05, 0) is 49.4 Å². The SMILES string of the molecule is O[C@H]1C[C@H]2[C@H](C1)[C@@H]1C[C@@H]2[C@@H](O)C1. The molecule has 2 heteroatoms. The largest absolute Gasteiger partial charge is 0.393 e. The van der Waals surface area contributed by atoms with E-state index in [4.69, 9.17) is 0 Å². The van der Waals surface area contributed by atoms with Crippen LogP contribution in [0.1, 0.15) is 25.7 Å². The Bertz CT molecular complexity index is 200. The van der Waals surface area contributed by atoms with E-state index >= 15 is 0 Å². The number of hydrogen-bond donors (Lipinski definition) is 2. The molecular formula is C10H16O2. The summed E-state index contributed by atoms with van der Waals surface area (Å²) < 4.78 is 0. The first-order chi connectivity index (χ1) is 5.75. The van der Waals surface area contributed by atoms with Gasteiger partial charge in [-0.3, -0.25) is 0 Å². The highest BCUT2D eigenvalue weighted by atomic mass is 16.3. The zero-order valence-corrected chi connectivity index (χ0v) is 7.19. The molecule has 0 radical (unpaired) electrons. The van der Waals surface area contributed by atoms with E-state index in [9.17, 15) is 10.2 Å². The smallest absolute Gasteiger partial charge is 0.0574 e. The maximum atomic E-state index is 9.67. The van der Waals surface area contributed by atoms with Gasteiger partial charge in [0.25, 0.3) is 0 Å². The van der Waals surface area contributed by atoms with Crippen LogP contribution in [0, 0.1) is 23.7 Å². The Hall–Kier alpha value is -0.0800. The van der Waals surface area contributed by atoms with Crippen LogP contribution < -0.4 is 0 Å². The Morgan fingerprint density at radius 1 is 0.750 bits per heavy atom. The van der Waals surface area contributed by atoms with Crippen molar-refractivity contribution < 1.29 is 10.2 Å². The third-order valence-corrected chi connectivity index (χ3v) is 4.41. The van der Waals surface area contributed by atoms with Crippen LogP contribution in [0.2, 0.25) is 0 Å². The summed E-state index contributed by atoms with van der Waals surface area (Å²) in [6.45, 7) is 0. The maximum absolute atomic E-state index is 9.67. The first kappa shape index (κ1) is 7.34. The molecule has 0 aromatic rings. The summed E-state index contributed by atoms with van der Waals surface area (Å²) in [7, 11) is 0.